The first-order valence-electron chi connectivity index (χ1n) is 5.64. The lowest BCUT2D eigenvalue weighted by Gasteiger charge is -2.11. The van der Waals surface area contributed by atoms with Crippen LogP contribution in [0.4, 0.5) is 0 Å². The minimum Gasteiger partial charge on any atom is -0.481 e. The minimum atomic E-state index is -0.842. The van der Waals surface area contributed by atoms with Gasteiger partial charge in [0.25, 0.3) is 0 Å². The van der Waals surface area contributed by atoms with Gasteiger partial charge in [-0.05, 0) is 19.4 Å². The molecule has 0 aliphatic heterocycles. The number of nitrogens with zero attached hydrogens (tertiary/aromatic N) is 2. The number of aryl methyl sites for hydroxylation is 2. The second-order valence-electron chi connectivity index (χ2n) is 4.00. The Bertz CT molecular complexity index is 404. The number of rotatable bonds is 6. The maximum atomic E-state index is 11.1. The summed E-state index contributed by atoms with van der Waals surface area (Å²) in [6.45, 7) is 2.32. The molecule has 0 spiro atoms. The van der Waals surface area contributed by atoms with Crippen LogP contribution in [0.3, 0.4) is 0 Å². The number of nitrogens with two attached hydrogens (primary N) is 1. The van der Waals surface area contributed by atoms with Crippen molar-refractivity contribution in [1.82, 2.24) is 9.78 Å². The number of carboxylic acids is 1. The second-order valence-corrected chi connectivity index (χ2v) is 4.38. The molecule has 0 bridgehead atoms. The highest BCUT2D eigenvalue weighted by molar-refractivity contribution is 6.31. The molecule has 1 rings (SSSR count). The molecule has 1 aromatic rings. The Kier molecular flexibility index (Phi) is 4.96. The average molecular weight is 260 g/mol. The maximum Gasteiger partial charge on any atom is 0.306 e. The first kappa shape index (κ1) is 14.0. The normalized spacial score (nSPS) is 12.7. The van der Waals surface area contributed by atoms with E-state index in [1.165, 1.54) is 0 Å². The van der Waals surface area contributed by atoms with Crippen LogP contribution in [0.5, 0.6) is 0 Å². The Hall–Kier alpha value is -1.07. The van der Waals surface area contributed by atoms with Gasteiger partial charge in [-0.3, -0.25) is 9.48 Å². The summed E-state index contributed by atoms with van der Waals surface area (Å²) in [5, 5.41) is 13.9. The molecule has 1 aromatic heterocycles. The Morgan fingerprint density at radius 3 is 2.71 bits per heavy atom. The largest absolute Gasteiger partial charge is 0.481 e. The molecule has 96 valence electrons. The van der Waals surface area contributed by atoms with Gasteiger partial charge in [0.1, 0.15) is 0 Å². The fourth-order valence-corrected chi connectivity index (χ4v) is 2.16. The van der Waals surface area contributed by atoms with E-state index in [4.69, 9.17) is 22.4 Å². The summed E-state index contributed by atoms with van der Waals surface area (Å²) in [5.74, 6) is -1.34. The quantitative estimate of drug-likeness (QED) is 0.805. The fourth-order valence-electron chi connectivity index (χ4n) is 1.79. The highest BCUT2D eigenvalue weighted by Gasteiger charge is 2.22. The van der Waals surface area contributed by atoms with Crippen molar-refractivity contribution in [2.75, 3.05) is 6.54 Å². The van der Waals surface area contributed by atoms with Crippen molar-refractivity contribution in [2.24, 2.45) is 18.7 Å². The van der Waals surface area contributed by atoms with Gasteiger partial charge in [0, 0.05) is 13.5 Å². The van der Waals surface area contributed by atoms with E-state index >= 15 is 0 Å². The van der Waals surface area contributed by atoms with E-state index in [2.05, 4.69) is 5.10 Å². The maximum absolute atomic E-state index is 11.1. The van der Waals surface area contributed by atoms with Crippen molar-refractivity contribution >= 4 is 17.6 Å². The van der Waals surface area contributed by atoms with Crippen LogP contribution in [-0.2, 0) is 24.7 Å². The molecule has 17 heavy (non-hydrogen) atoms. The number of aliphatic carboxylic acids is 1. The molecular weight excluding hydrogens is 242 g/mol. The fraction of sp³-hybridized carbons (Fsp3) is 0.636. The number of aromatic nitrogens is 2. The smallest absolute Gasteiger partial charge is 0.306 e. The van der Waals surface area contributed by atoms with E-state index in [-0.39, 0.29) is 0 Å². The summed E-state index contributed by atoms with van der Waals surface area (Å²) in [6.07, 6.45) is 1.55. The van der Waals surface area contributed by atoms with Crippen LogP contribution in [-0.4, -0.2) is 27.4 Å². The molecule has 3 N–H and O–H groups in total. The molecule has 0 aromatic carbocycles. The molecule has 0 saturated heterocycles. The van der Waals surface area contributed by atoms with Crippen LogP contribution in [0, 0.1) is 5.92 Å². The van der Waals surface area contributed by atoms with E-state index in [1.54, 1.807) is 11.7 Å². The van der Waals surface area contributed by atoms with E-state index < -0.39 is 11.9 Å². The zero-order valence-electron chi connectivity index (χ0n) is 10.1. The third-order valence-electron chi connectivity index (χ3n) is 2.81. The van der Waals surface area contributed by atoms with E-state index in [0.29, 0.717) is 24.4 Å². The van der Waals surface area contributed by atoms with Crippen molar-refractivity contribution in [1.29, 1.82) is 0 Å². The molecule has 0 radical (unpaired) electrons. The third kappa shape index (κ3) is 3.20. The highest BCUT2D eigenvalue weighted by atomic mass is 35.5. The van der Waals surface area contributed by atoms with E-state index in [0.717, 1.165) is 17.8 Å². The topological polar surface area (TPSA) is 81.1 Å². The molecule has 0 fully saturated rings. The van der Waals surface area contributed by atoms with E-state index in [1.807, 2.05) is 6.92 Å². The van der Waals surface area contributed by atoms with Gasteiger partial charge in [-0.15, -0.1) is 0 Å². The molecule has 0 amide bonds. The van der Waals surface area contributed by atoms with Crippen LogP contribution < -0.4 is 5.73 Å². The number of carbonyl (C=O) groups is 1. The molecular formula is C11H18ClN3O2. The minimum absolute atomic E-state index is 0.354. The second kappa shape index (κ2) is 6.02. The van der Waals surface area contributed by atoms with Crippen LogP contribution in [0.25, 0.3) is 0 Å². The Balaban J connectivity index is 2.92. The van der Waals surface area contributed by atoms with Gasteiger partial charge in [0.05, 0.1) is 22.3 Å². The van der Waals surface area contributed by atoms with Gasteiger partial charge in [0.15, 0.2) is 0 Å². The molecule has 0 aliphatic rings. The van der Waals surface area contributed by atoms with Crippen molar-refractivity contribution < 1.29 is 9.90 Å². The van der Waals surface area contributed by atoms with Gasteiger partial charge in [-0.1, -0.05) is 18.5 Å². The molecule has 1 atom stereocenters. The SMILES string of the molecule is CCc1nn(C)c(CC(CCN)C(=O)O)c1Cl. The molecule has 6 heteroatoms. The lowest BCUT2D eigenvalue weighted by molar-refractivity contribution is -0.141. The zero-order valence-corrected chi connectivity index (χ0v) is 10.9. The number of hydrogen-bond acceptors (Lipinski definition) is 3. The van der Waals surface area contributed by atoms with Gasteiger partial charge in [-0.25, -0.2) is 0 Å². The Labute approximate surface area is 106 Å². The van der Waals surface area contributed by atoms with Gasteiger partial charge >= 0.3 is 5.97 Å². The Morgan fingerprint density at radius 2 is 2.29 bits per heavy atom. The van der Waals surface area contributed by atoms with Crippen molar-refractivity contribution in [3.8, 4) is 0 Å². The van der Waals surface area contributed by atoms with Gasteiger partial charge in [-0.2, -0.15) is 5.10 Å². The summed E-state index contributed by atoms with van der Waals surface area (Å²) in [4.78, 5) is 11.1. The van der Waals surface area contributed by atoms with E-state index in [9.17, 15) is 4.79 Å². The molecule has 1 unspecified atom stereocenters. The summed E-state index contributed by atoms with van der Waals surface area (Å²) in [7, 11) is 1.78. The predicted octanol–water partition coefficient (Wildman–Crippen LogP) is 1.23. The van der Waals surface area contributed by atoms with Crippen molar-refractivity contribution in [2.45, 2.75) is 26.2 Å². The number of carboxylic acid groups (broad SMARTS) is 1. The number of halogens is 1. The monoisotopic (exact) mass is 259 g/mol. The van der Waals surface area contributed by atoms with Crippen molar-refractivity contribution in [3.63, 3.8) is 0 Å². The zero-order chi connectivity index (χ0) is 13.0. The lowest BCUT2D eigenvalue weighted by atomic mass is 9.99. The molecule has 0 aliphatic carbocycles. The van der Waals surface area contributed by atoms with Gasteiger partial charge < -0.3 is 10.8 Å². The standard InChI is InChI=1S/C11H18ClN3O2/c1-3-8-10(12)9(15(2)14-8)6-7(4-5-13)11(16)17/h7H,3-6,13H2,1-2H3,(H,16,17). The van der Waals surface area contributed by atoms with Crippen LogP contribution in [0.1, 0.15) is 24.7 Å². The predicted molar refractivity (Wildman–Crippen MR) is 66.1 cm³/mol. The van der Waals surface area contributed by atoms with Crippen molar-refractivity contribution in [3.05, 3.63) is 16.4 Å². The molecule has 1 heterocycles. The third-order valence-corrected chi connectivity index (χ3v) is 3.24. The number of hydrogen-bond donors (Lipinski definition) is 2. The summed E-state index contributed by atoms with van der Waals surface area (Å²) in [6, 6.07) is 0. The summed E-state index contributed by atoms with van der Waals surface area (Å²) >= 11 is 6.17. The summed E-state index contributed by atoms with van der Waals surface area (Å²) in [5.41, 5.74) is 6.98. The van der Waals surface area contributed by atoms with Crippen LogP contribution >= 0.6 is 11.6 Å². The van der Waals surface area contributed by atoms with Gasteiger partial charge in [0.2, 0.25) is 0 Å². The summed E-state index contributed by atoms with van der Waals surface area (Å²) < 4.78 is 1.66. The molecule has 0 saturated carbocycles. The van der Waals surface area contributed by atoms with Crippen LogP contribution in [0.2, 0.25) is 5.02 Å². The Morgan fingerprint density at radius 1 is 1.65 bits per heavy atom. The average Bonchev–Trinajstić information content (AvgIpc) is 2.55. The molecule has 5 nitrogen and oxygen atoms in total. The highest BCUT2D eigenvalue weighted by Crippen LogP contribution is 2.24. The lowest BCUT2D eigenvalue weighted by Crippen LogP contribution is -2.21. The first-order chi connectivity index (χ1) is 8.01. The first-order valence-corrected chi connectivity index (χ1v) is 6.02. The van der Waals surface area contributed by atoms with Crippen LogP contribution in [0.15, 0.2) is 0 Å².